The quantitative estimate of drug-likeness (QED) is 0.362. The van der Waals surface area contributed by atoms with Crippen molar-refractivity contribution >= 4 is 0 Å². The van der Waals surface area contributed by atoms with Gasteiger partial charge in [0.25, 0.3) is 0 Å². The molecule has 0 bridgehead atoms. The fourth-order valence-electron chi connectivity index (χ4n) is 4.96. The molecule has 0 nitrogen and oxygen atoms in total. The fraction of sp³-hybridized carbons (Fsp3) is 0.143. The molecular formula is C28H24. The summed E-state index contributed by atoms with van der Waals surface area (Å²) in [6, 6.07) is 39.7. The molecule has 5 rings (SSSR count). The lowest BCUT2D eigenvalue weighted by atomic mass is 9.76. The van der Waals surface area contributed by atoms with Crippen molar-refractivity contribution in [2.75, 3.05) is 0 Å². The number of hydrogen-bond donors (Lipinski definition) is 0. The average Bonchev–Trinajstić information content (AvgIpc) is 3.10. The molecule has 1 aliphatic rings. The molecule has 0 heteroatoms. The van der Waals surface area contributed by atoms with Gasteiger partial charge in [0.15, 0.2) is 0 Å². The highest BCUT2D eigenvalue weighted by Gasteiger charge is 2.43. The van der Waals surface area contributed by atoms with Crippen LogP contribution in [0.4, 0.5) is 0 Å². The van der Waals surface area contributed by atoms with Crippen LogP contribution >= 0.6 is 0 Å². The van der Waals surface area contributed by atoms with Gasteiger partial charge >= 0.3 is 0 Å². The van der Waals surface area contributed by atoms with Gasteiger partial charge in [0.2, 0.25) is 0 Å². The van der Waals surface area contributed by atoms with Gasteiger partial charge in [0.1, 0.15) is 0 Å². The van der Waals surface area contributed by atoms with Crippen LogP contribution in [0.1, 0.15) is 41.5 Å². The molecule has 0 N–H and O–H groups in total. The van der Waals surface area contributed by atoms with Crippen molar-refractivity contribution in [3.63, 3.8) is 0 Å². The van der Waals surface area contributed by atoms with E-state index in [-0.39, 0.29) is 5.41 Å². The lowest BCUT2D eigenvalue weighted by molar-refractivity contribution is 0.538. The van der Waals surface area contributed by atoms with E-state index >= 15 is 0 Å². The van der Waals surface area contributed by atoms with Crippen molar-refractivity contribution in [1.82, 2.24) is 0 Å². The predicted octanol–water partition coefficient (Wildman–Crippen LogP) is 7.20. The van der Waals surface area contributed by atoms with Crippen LogP contribution < -0.4 is 0 Å². The first-order valence-electron chi connectivity index (χ1n) is 10.1. The first-order valence-corrected chi connectivity index (χ1v) is 10.1. The molecule has 136 valence electrons. The van der Waals surface area contributed by atoms with E-state index in [1.54, 1.807) is 0 Å². The third-order valence-corrected chi connectivity index (χ3v) is 6.36. The maximum Gasteiger partial charge on any atom is 0.0186 e. The normalized spacial score (nSPS) is 20.7. The second kappa shape index (κ2) is 6.80. The van der Waals surface area contributed by atoms with Crippen molar-refractivity contribution in [3.05, 3.63) is 131 Å². The molecule has 0 heterocycles. The molecule has 0 aliphatic heterocycles. The highest BCUT2D eigenvalue weighted by molar-refractivity contribution is 5.73. The van der Waals surface area contributed by atoms with Crippen LogP contribution in [0, 0.1) is 0 Å². The number of fused-ring (bicyclic) bond motifs is 1. The molecule has 4 aromatic rings. The second-order valence-electron chi connectivity index (χ2n) is 8.00. The molecule has 0 spiro atoms. The third kappa shape index (κ3) is 2.68. The molecule has 0 saturated carbocycles. The van der Waals surface area contributed by atoms with Gasteiger partial charge in [-0.15, -0.1) is 0 Å². The van der Waals surface area contributed by atoms with Gasteiger partial charge in [0.05, 0.1) is 0 Å². The van der Waals surface area contributed by atoms with E-state index in [0.717, 1.165) is 6.42 Å². The second-order valence-corrected chi connectivity index (χ2v) is 8.00. The summed E-state index contributed by atoms with van der Waals surface area (Å²) in [4.78, 5) is 0. The van der Waals surface area contributed by atoms with Gasteiger partial charge in [-0.25, -0.2) is 0 Å². The highest BCUT2D eigenvalue weighted by Crippen LogP contribution is 2.54. The zero-order valence-electron chi connectivity index (χ0n) is 16.2. The Bertz CT molecular complexity index is 1080. The molecule has 4 aromatic carbocycles. The number of rotatable bonds is 3. The Balaban J connectivity index is 1.77. The van der Waals surface area contributed by atoms with Crippen LogP contribution in [-0.4, -0.2) is 0 Å². The van der Waals surface area contributed by atoms with Gasteiger partial charge < -0.3 is 0 Å². The van der Waals surface area contributed by atoms with E-state index in [9.17, 15) is 0 Å². The zero-order valence-corrected chi connectivity index (χ0v) is 16.2. The van der Waals surface area contributed by atoms with E-state index < -0.39 is 0 Å². The summed E-state index contributed by atoms with van der Waals surface area (Å²) < 4.78 is 0. The first kappa shape index (κ1) is 17.0. The van der Waals surface area contributed by atoms with Gasteiger partial charge in [-0.1, -0.05) is 116 Å². The minimum Gasteiger partial charge on any atom is -0.0622 e. The van der Waals surface area contributed by atoms with Crippen LogP contribution in [0.5, 0.6) is 0 Å². The SMILES string of the molecule is CC1(c2ccccc2)CC(c2ccccc2)c2c(-c3ccccc3)cccc21. The molecule has 0 saturated heterocycles. The van der Waals surface area contributed by atoms with E-state index in [4.69, 9.17) is 0 Å². The van der Waals surface area contributed by atoms with E-state index in [1.807, 2.05) is 0 Å². The van der Waals surface area contributed by atoms with Crippen molar-refractivity contribution in [1.29, 1.82) is 0 Å². The molecular weight excluding hydrogens is 336 g/mol. The Morgan fingerprint density at radius 2 is 1.25 bits per heavy atom. The topological polar surface area (TPSA) is 0 Å². The van der Waals surface area contributed by atoms with E-state index in [0.29, 0.717) is 5.92 Å². The van der Waals surface area contributed by atoms with Gasteiger partial charge in [-0.3, -0.25) is 0 Å². The minimum absolute atomic E-state index is 0.0158. The Labute approximate surface area is 167 Å². The van der Waals surface area contributed by atoms with Crippen molar-refractivity contribution in [2.24, 2.45) is 0 Å². The molecule has 28 heavy (non-hydrogen) atoms. The van der Waals surface area contributed by atoms with Crippen LogP contribution in [0.15, 0.2) is 109 Å². The van der Waals surface area contributed by atoms with Gasteiger partial charge in [-0.2, -0.15) is 0 Å². The predicted molar refractivity (Wildman–Crippen MR) is 118 cm³/mol. The summed E-state index contributed by atoms with van der Waals surface area (Å²) in [6.07, 6.45) is 1.10. The summed E-state index contributed by atoms with van der Waals surface area (Å²) in [5, 5.41) is 0. The van der Waals surface area contributed by atoms with Crippen molar-refractivity contribution in [3.8, 4) is 11.1 Å². The molecule has 0 radical (unpaired) electrons. The minimum atomic E-state index is 0.0158. The van der Waals surface area contributed by atoms with Crippen molar-refractivity contribution in [2.45, 2.75) is 24.7 Å². The van der Waals surface area contributed by atoms with Crippen LogP contribution in [0.25, 0.3) is 11.1 Å². The number of hydrogen-bond acceptors (Lipinski definition) is 0. The van der Waals surface area contributed by atoms with Gasteiger partial charge in [-0.05, 0) is 39.8 Å². The summed E-state index contributed by atoms with van der Waals surface area (Å²) in [6.45, 7) is 2.42. The summed E-state index contributed by atoms with van der Waals surface area (Å²) in [5.74, 6) is 0.401. The standard InChI is InChI=1S/C28H24/c1-28(23-16-9-4-10-17-23)20-25(22-14-7-3-8-15-22)27-24(18-11-19-26(27)28)21-12-5-2-6-13-21/h2-19,25H,20H2,1H3. The van der Waals surface area contributed by atoms with Crippen LogP contribution in [-0.2, 0) is 5.41 Å². The maximum atomic E-state index is 2.42. The molecule has 0 aromatic heterocycles. The summed E-state index contributed by atoms with van der Waals surface area (Å²) >= 11 is 0. The molecule has 0 amide bonds. The molecule has 2 unspecified atom stereocenters. The zero-order chi connectivity index (χ0) is 19.0. The Morgan fingerprint density at radius 1 is 0.643 bits per heavy atom. The number of benzene rings is 4. The summed E-state index contributed by atoms with van der Waals surface area (Å²) in [5.41, 5.74) is 8.46. The summed E-state index contributed by atoms with van der Waals surface area (Å²) in [7, 11) is 0. The third-order valence-electron chi connectivity index (χ3n) is 6.36. The largest absolute Gasteiger partial charge is 0.0622 e. The first-order chi connectivity index (χ1) is 13.8. The lowest BCUT2D eigenvalue weighted by Crippen LogP contribution is -2.20. The molecule has 2 atom stereocenters. The van der Waals surface area contributed by atoms with Crippen molar-refractivity contribution < 1.29 is 0 Å². The monoisotopic (exact) mass is 360 g/mol. The smallest absolute Gasteiger partial charge is 0.0186 e. The van der Waals surface area contributed by atoms with E-state index in [2.05, 4.69) is 116 Å². The Morgan fingerprint density at radius 3 is 1.93 bits per heavy atom. The van der Waals surface area contributed by atoms with E-state index in [1.165, 1.54) is 33.4 Å². The molecule has 0 fully saturated rings. The average molecular weight is 361 g/mol. The van der Waals surface area contributed by atoms with Gasteiger partial charge in [0, 0.05) is 11.3 Å². The molecule has 1 aliphatic carbocycles. The highest BCUT2D eigenvalue weighted by atomic mass is 14.5. The maximum absolute atomic E-state index is 2.42. The van der Waals surface area contributed by atoms with Crippen LogP contribution in [0.2, 0.25) is 0 Å². The van der Waals surface area contributed by atoms with Crippen LogP contribution in [0.3, 0.4) is 0 Å². The fourth-order valence-corrected chi connectivity index (χ4v) is 4.96. The Hall–Kier alpha value is -3.12. The lowest BCUT2D eigenvalue weighted by Gasteiger charge is -2.27. The Kier molecular flexibility index (Phi) is 4.13.